The first-order valence-electron chi connectivity index (χ1n) is 5.19. The Morgan fingerprint density at radius 1 is 1.44 bits per heavy atom. The molecule has 1 aromatic heterocycles. The summed E-state index contributed by atoms with van der Waals surface area (Å²) in [4.78, 5) is 0.212. The highest BCUT2D eigenvalue weighted by Crippen LogP contribution is 2.17. The molecule has 0 atom stereocenters. The lowest BCUT2D eigenvalue weighted by atomic mass is 9.93. The summed E-state index contributed by atoms with van der Waals surface area (Å²) < 4.78 is 27.6. The van der Waals surface area contributed by atoms with E-state index in [0.717, 1.165) is 6.42 Å². The third-order valence-corrected chi connectivity index (χ3v) is 3.57. The Hall–Kier alpha value is -0.880. The predicted molar refractivity (Wildman–Crippen MR) is 62.5 cm³/mol. The normalized spacial score (nSPS) is 13.0. The molecule has 5 nitrogen and oxygen atoms in total. The first-order chi connectivity index (χ1) is 7.21. The quantitative estimate of drug-likeness (QED) is 0.865. The van der Waals surface area contributed by atoms with Crippen molar-refractivity contribution in [2.75, 3.05) is 6.54 Å². The Balaban J connectivity index is 2.60. The SMILES string of the molecule is Cn1cc(S(=O)(=O)NCCC(C)(C)C)cn1. The van der Waals surface area contributed by atoms with Crippen LogP contribution in [0.1, 0.15) is 27.2 Å². The van der Waals surface area contributed by atoms with Crippen molar-refractivity contribution in [1.82, 2.24) is 14.5 Å². The number of sulfonamides is 1. The number of hydrogen-bond acceptors (Lipinski definition) is 3. The largest absolute Gasteiger partial charge is 0.274 e. The monoisotopic (exact) mass is 245 g/mol. The third kappa shape index (κ3) is 3.94. The Kier molecular flexibility index (Phi) is 3.75. The van der Waals surface area contributed by atoms with Gasteiger partial charge in [-0.15, -0.1) is 0 Å². The minimum absolute atomic E-state index is 0.122. The fraction of sp³-hybridized carbons (Fsp3) is 0.700. The van der Waals surface area contributed by atoms with Crippen LogP contribution in [0.25, 0.3) is 0 Å². The topological polar surface area (TPSA) is 64.0 Å². The van der Waals surface area contributed by atoms with E-state index < -0.39 is 10.0 Å². The van der Waals surface area contributed by atoms with Gasteiger partial charge in [-0.1, -0.05) is 20.8 Å². The fourth-order valence-electron chi connectivity index (χ4n) is 1.18. The average Bonchev–Trinajstić information content (AvgIpc) is 2.49. The Labute approximate surface area is 96.9 Å². The van der Waals surface area contributed by atoms with Crippen molar-refractivity contribution in [3.05, 3.63) is 12.4 Å². The summed E-state index contributed by atoms with van der Waals surface area (Å²) in [5, 5.41) is 3.84. The molecule has 0 aliphatic rings. The highest BCUT2D eigenvalue weighted by atomic mass is 32.2. The molecule has 0 fully saturated rings. The summed E-state index contributed by atoms with van der Waals surface area (Å²) in [5.74, 6) is 0. The van der Waals surface area contributed by atoms with Gasteiger partial charge in [0.2, 0.25) is 10.0 Å². The zero-order valence-corrected chi connectivity index (χ0v) is 11.0. The van der Waals surface area contributed by atoms with Crippen LogP contribution in [0, 0.1) is 5.41 Å². The maximum atomic E-state index is 11.8. The first-order valence-corrected chi connectivity index (χ1v) is 6.67. The van der Waals surface area contributed by atoms with Gasteiger partial charge in [-0.25, -0.2) is 13.1 Å². The predicted octanol–water partition coefficient (Wildman–Crippen LogP) is 1.13. The third-order valence-electron chi connectivity index (χ3n) is 2.16. The van der Waals surface area contributed by atoms with Crippen LogP contribution in [0.4, 0.5) is 0 Å². The molecule has 0 bridgehead atoms. The zero-order valence-electron chi connectivity index (χ0n) is 10.2. The van der Waals surface area contributed by atoms with Crippen molar-refractivity contribution in [3.8, 4) is 0 Å². The van der Waals surface area contributed by atoms with Crippen LogP contribution in [-0.2, 0) is 17.1 Å². The van der Waals surface area contributed by atoms with Crippen LogP contribution < -0.4 is 4.72 Å². The highest BCUT2D eigenvalue weighted by molar-refractivity contribution is 7.89. The molecule has 6 heteroatoms. The van der Waals surface area contributed by atoms with Crippen LogP contribution in [0.15, 0.2) is 17.3 Å². The number of nitrogens with one attached hydrogen (secondary N) is 1. The second kappa shape index (κ2) is 4.55. The molecular formula is C10H19N3O2S. The van der Waals surface area contributed by atoms with Crippen molar-refractivity contribution in [3.63, 3.8) is 0 Å². The second-order valence-electron chi connectivity index (χ2n) is 5.06. The summed E-state index contributed by atoms with van der Waals surface area (Å²) >= 11 is 0. The Bertz CT molecular complexity index is 443. The molecule has 1 aromatic rings. The van der Waals surface area contributed by atoms with E-state index in [1.54, 1.807) is 7.05 Å². The number of nitrogens with zero attached hydrogens (tertiary/aromatic N) is 2. The van der Waals surface area contributed by atoms with Crippen LogP contribution in [0.2, 0.25) is 0 Å². The lowest BCUT2D eigenvalue weighted by Crippen LogP contribution is -2.27. The molecule has 92 valence electrons. The number of rotatable bonds is 4. The van der Waals surface area contributed by atoms with Crippen molar-refractivity contribution in [2.45, 2.75) is 32.1 Å². The average molecular weight is 245 g/mol. The first kappa shape index (κ1) is 13.2. The minimum atomic E-state index is -3.40. The van der Waals surface area contributed by atoms with Crippen molar-refractivity contribution in [2.24, 2.45) is 12.5 Å². The molecule has 0 aliphatic heterocycles. The Morgan fingerprint density at radius 3 is 2.50 bits per heavy atom. The number of hydrogen-bond donors (Lipinski definition) is 1. The molecule has 0 saturated carbocycles. The van der Waals surface area contributed by atoms with Crippen LogP contribution in [-0.4, -0.2) is 24.7 Å². The van der Waals surface area contributed by atoms with Crippen LogP contribution in [0.5, 0.6) is 0 Å². The number of aromatic nitrogens is 2. The molecule has 0 aromatic carbocycles. The van der Waals surface area contributed by atoms with Gasteiger partial charge in [-0.05, 0) is 11.8 Å². The standard InChI is InChI=1S/C10H19N3O2S/c1-10(2,3)5-6-12-16(14,15)9-7-11-13(4)8-9/h7-8,12H,5-6H2,1-4H3. The van der Waals surface area contributed by atoms with Gasteiger partial charge in [0.1, 0.15) is 4.90 Å². The Morgan fingerprint density at radius 2 is 2.06 bits per heavy atom. The lowest BCUT2D eigenvalue weighted by Gasteiger charge is -2.17. The highest BCUT2D eigenvalue weighted by Gasteiger charge is 2.17. The summed E-state index contributed by atoms with van der Waals surface area (Å²) in [6.07, 6.45) is 3.63. The molecule has 0 saturated heterocycles. The molecule has 0 spiro atoms. The number of aryl methyl sites for hydroxylation is 1. The molecule has 16 heavy (non-hydrogen) atoms. The molecule has 0 unspecified atom stereocenters. The molecule has 1 N–H and O–H groups in total. The van der Waals surface area contributed by atoms with E-state index in [4.69, 9.17) is 0 Å². The van der Waals surface area contributed by atoms with Crippen LogP contribution in [0.3, 0.4) is 0 Å². The maximum absolute atomic E-state index is 11.8. The smallest absolute Gasteiger partial charge is 0.243 e. The van der Waals surface area contributed by atoms with E-state index in [0.29, 0.717) is 6.54 Å². The fourth-order valence-corrected chi connectivity index (χ4v) is 2.20. The van der Waals surface area contributed by atoms with Gasteiger partial charge in [0.25, 0.3) is 0 Å². The van der Waals surface area contributed by atoms with Gasteiger partial charge in [0.15, 0.2) is 0 Å². The van der Waals surface area contributed by atoms with Gasteiger partial charge in [-0.2, -0.15) is 5.10 Å². The van der Waals surface area contributed by atoms with Gasteiger partial charge >= 0.3 is 0 Å². The molecule has 0 amide bonds. The molecule has 0 aliphatic carbocycles. The maximum Gasteiger partial charge on any atom is 0.243 e. The van der Waals surface area contributed by atoms with E-state index in [-0.39, 0.29) is 10.3 Å². The zero-order chi connectivity index (χ0) is 12.4. The summed E-state index contributed by atoms with van der Waals surface area (Å²) in [6, 6.07) is 0. The molecule has 0 radical (unpaired) electrons. The molecular weight excluding hydrogens is 226 g/mol. The minimum Gasteiger partial charge on any atom is -0.274 e. The van der Waals surface area contributed by atoms with E-state index >= 15 is 0 Å². The van der Waals surface area contributed by atoms with E-state index in [1.807, 2.05) is 0 Å². The van der Waals surface area contributed by atoms with Crippen molar-refractivity contribution >= 4 is 10.0 Å². The van der Waals surface area contributed by atoms with E-state index in [1.165, 1.54) is 17.1 Å². The lowest BCUT2D eigenvalue weighted by molar-refractivity contribution is 0.378. The van der Waals surface area contributed by atoms with Gasteiger partial charge in [-0.3, -0.25) is 4.68 Å². The molecule has 1 rings (SSSR count). The van der Waals surface area contributed by atoms with E-state index in [9.17, 15) is 8.42 Å². The van der Waals surface area contributed by atoms with Gasteiger partial charge in [0, 0.05) is 19.8 Å². The second-order valence-corrected chi connectivity index (χ2v) is 6.83. The van der Waals surface area contributed by atoms with Gasteiger partial charge < -0.3 is 0 Å². The summed E-state index contributed by atoms with van der Waals surface area (Å²) in [6.45, 7) is 6.67. The molecule has 1 heterocycles. The summed E-state index contributed by atoms with van der Waals surface area (Å²) in [5.41, 5.74) is 0.122. The van der Waals surface area contributed by atoms with Crippen molar-refractivity contribution in [1.29, 1.82) is 0 Å². The van der Waals surface area contributed by atoms with Crippen LogP contribution >= 0.6 is 0 Å². The van der Waals surface area contributed by atoms with E-state index in [2.05, 4.69) is 30.6 Å². The summed E-state index contributed by atoms with van der Waals surface area (Å²) in [7, 11) is -1.71. The van der Waals surface area contributed by atoms with Crippen molar-refractivity contribution < 1.29 is 8.42 Å². The van der Waals surface area contributed by atoms with Gasteiger partial charge in [0.05, 0.1) is 6.20 Å².